The number of carbonyl (C=O) groups is 2. The number of alkyl halides is 3. The summed E-state index contributed by atoms with van der Waals surface area (Å²) in [5, 5.41) is 12.0. The summed E-state index contributed by atoms with van der Waals surface area (Å²) >= 11 is 0. The van der Waals surface area contributed by atoms with E-state index in [1.807, 2.05) is 0 Å². The number of carboxylic acids is 1. The number of benzene rings is 2. The first kappa shape index (κ1) is 26.8. The van der Waals surface area contributed by atoms with E-state index in [9.17, 15) is 27.9 Å². The van der Waals surface area contributed by atoms with Crippen LogP contribution in [0.1, 0.15) is 73.7 Å². The predicted molar refractivity (Wildman–Crippen MR) is 133 cm³/mol. The molecular formula is C28H33F3N2O4. The van der Waals surface area contributed by atoms with Gasteiger partial charge < -0.3 is 20.1 Å². The third kappa shape index (κ3) is 7.63. The van der Waals surface area contributed by atoms with E-state index < -0.39 is 12.3 Å². The van der Waals surface area contributed by atoms with Gasteiger partial charge in [-0.05, 0) is 79.5 Å². The Balaban J connectivity index is 1.45. The van der Waals surface area contributed by atoms with Crippen LogP contribution >= 0.6 is 0 Å². The lowest BCUT2D eigenvalue weighted by Crippen LogP contribution is -2.44. The maximum absolute atomic E-state index is 13.4. The highest BCUT2D eigenvalue weighted by molar-refractivity contribution is 5.90. The Morgan fingerprint density at radius 3 is 2.03 bits per heavy atom. The first-order chi connectivity index (χ1) is 17.7. The van der Waals surface area contributed by atoms with Crippen LogP contribution in [0.25, 0.3) is 0 Å². The van der Waals surface area contributed by atoms with Crippen LogP contribution in [0.15, 0.2) is 48.5 Å². The second kappa shape index (κ2) is 11.9. The van der Waals surface area contributed by atoms with Crippen molar-refractivity contribution >= 4 is 17.7 Å². The maximum atomic E-state index is 13.4. The molecule has 2 N–H and O–H groups in total. The molecule has 2 fully saturated rings. The number of halogens is 3. The van der Waals surface area contributed by atoms with E-state index in [2.05, 4.69) is 10.1 Å². The molecule has 2 aromatic rings. The standard InChI is InChI=1S/C28H33F3N2O4/c29-28(30,31)37-25-16-12-23(13-17-25)32-27(36)33(18-19-6-8-22(9-7-19)26(34)35)24-14-10-21(11-15-24)20-4-2-1-3-5-20/h6-9,12-13,16-17,20-21,24H,1-5,10-11,14-15,18H2,(H,32,36)(H,34,35). The minimum absolute atomic E-state index is 0.0202. The zero-order valence-electron chi connectivity index (χ0n) is 20.7. The summed E-state index contributed by atoms with van der Waals surface area (Å²) in [6.45, 7) is 0.305. The molecule has 37 heavy (non-hydrogen) atoms. The molecule has 0 atom stereocenters. The van der Waals surface area contributed by atoms with Crippen molar-refractivity contribution < 1.29 is 32.6 Å². The van der Waals surface area contributed by atoms with Gasteiger partial charge in [-0.1, -0.05) is 44.2 Å². The third-order valence-electron chi connectivity index (χ3n) is 7.65. The van der Waals surface area contributed by atoms with Gasteiger partial charge in [-0.3, -0.25) is 0 Å². The van der Waals surface area contributed by atoms with Crippen molar-refractivity contribution in [2.45, 2.75) is 76.7 Å². The number of nitrogens with one attached hydrogen (secondary N) is 1. The number of anilines is 1. The predicted octanol–water partition coefficient (Wildman–Crippen LogP) is 7.46. The first-order valence-electron chi connectivity index (χ1n) is 12.9. The second-order valence-electron chi connectivity index (χ2n) is 10.1. The molecule has 2 saturated carbocycles. The molecule has 0 spiro atoms. The lowest BCUT2D eigenvalue weighted by molar-refractivity contribution is -0.274. The number of hydrogen-bond acceptors (Lipinski definition) is 3. The number of amides is 2. The molecule has 2 aliphatic rings. The van der Waals surface area contributed by atoms with Crippen LogP contribution in [-0.4, -0.2) is 34.4 Å². The molecule has 2 aromatic carbocycles. The minimum Gasteiger partial charge on any atom is -0.478 e. The summed E-state index contributed by atoms with van der Waals surface area (Å²) in [5.74, 6) is 0.0949. The van der Waals surface area contributed by atoms with Gasteiger partial charge in [0.25, 0.3) is 0 Å². The smallest absolute Gasteiger partial charge is 0.478 e. The van der Waals surface area contributed by atoms with Gasteiger partial charge in [-0.15, -0.1) is 13.2 Å². The van der Waals surface area contributed by atoms with E-state index in [1.54, 1.807) is 17.0 Å². The number of ether oxygens (including phenoxy) is 1. The number of rotatable bonds is 7. The van der Waals surface area contributed by atoms with E-state index in [4.69, 9.17) is 0 Å². The summed E-state index contributed by atoms with van der Waals surface area (Å²) in [6, 6.07) is 11.2. The third-order valence-corrected chi connectivity index (χ3v) is 7.65. The average Bonchev–Trinajstić information content (AvgIpc) is 2.88. The van der Waals surface area contributed by atoms with Gasteiger partial charge in [0.15, 0.2) is 0 Å². The van der Waals surface area contributed by atoms with Crippen LogP contribution in [0.5, 0.6) is 5.75 Å². The lowest BCUT2D eigenvalue weighted by Gasteiger charge is -2.40. The summed E-state index contributed by atoms with van der Waals surface area (Å²) in [4.78, 5) is 26.4. The van der Waals surface area contributed by atoms with E-state index >= 15 is 0 Å². The number of urea groups is 1. The number of hydrogen-bond donors (Lipinski definition) is 2. The molecule has 6 nitrogen and oxygen atoms in total. The zero-order valence-corrected chi connectivity index (χ0v) is 20.7. The largest absolute Gasteiger partial charge is 0.573 e. The van der Waals surface area contributed by atoms with Crippen molar-refractivity contribution in [3.05, 3.63) is 59.7 Å². The summed E-state index contributed by atoms with van der Waals surface area (Å²) < 4.78 is 41.3. The van der Waals surface area contributed by atoms with Crippen LogP contribution in [0.3, 0.4) is 0 Å². The first-order valence-corrected chi connectivity index (χ1v) is 12.9. The van der Waals surface area contributed by atoms with Gasteiger partial charge in [0.1, 0.15) is 5.75 Å². The molecule has 0 aliphatic heterocycles. The van der Waals surface area contributed by atoms with Crippen LogP contribution < -0.4 is 10.1 Å². The van der Waals surface area contributed by atoms with Gasteiger partial charge >= 0.3 is 18.4 Å². The van der Waals surface area contributed by atoms with Crippen molar-refractivity contribution in [2.75, 3.05) is 5.32 Å². The zero-order chi connectivity index (χ0) is 26.4. The molecule has 0 unspecified atom stereocenters. The van der Waals surface area contributed by atoms with Gasteiger partial charge in [-0.25, -0.2) is 9.59 Å². The molecule has 0 heterocycles. The summed E-state index contributed by atoms with van der Waals surface area (Å²) in [6.07, 6.45) is 5.66. The van der Waals surface area contributed by atoms with Crippen molar-refractivity contribution in [1.29, 1.82) is 0 Å². The number of carbonyl (C=O) groups excluding carboxylic acids is 1. The molecule has 200 valence electrons. The van der Waals surface area contributed by atoms with E-state index in [0.717, 1.165) is 49.3 Å². The minimum atomic E-state index is -4.78. The summed E-state index contributed by atoms with van der Waals surface area (Å²) in [5.41, 5.74) is 1.35. The Morgan fingerprint density at radius 2 is 1.46 bits per heavy atom. The van der Waals surface area contributed by atoms with Crippen LogP contribution in [-0.2, 0) is 6.54 Å². The highest BCUT2D eigenvalue weighted by Crippen LogP contribution is 2.39. The quantitative estimate of drug-likeness (QED) is 0.399. The molecule has 0 bridgehead atoms. The van der Waals surface area contributed by atoms with Crippen molar-refractivity contribution in [1.82, 2.24) is 4.90 Å². The van der Waals surface area contributed by atoms with Crippen LogP contribution in [0.4, 0.5) is 23.7 Å². The number of nitrogens with zero attached hydrogens (tertiary/aromatic N) is 1. The average molecular weight is 519 g/mol. The topological polar surface area (TPSA) is 78.9 Å². The van der Waals surface area contributed by atoms with Crippen LogP contribution in [0.2, 0.25) is 0 Å². The fourth-order valence-corrected chi connectivity index (χ4v) is 5.74. The molecule has 2 amide bonds. The molecule has 0 radical (unpaired) electrons. The van der Waals surface area contributed by atoms with Gasteiger partial charge in [0.2, 0.25) is 0 Å². The van der Waals surface area contributed by atoms with Crippen molar-refractivity contribution in [3.63, 3.8) is 0 Å². The molecule has 4 rings (SSSR count). The Labute approximate surface area is 214 Å². The number of aromatic carboxylic acids is 1. The van der Waals surface area contributed by atoms with Crippen molar-refractivity contribution in [3.8, 4) is 5.75 Å². The maximum Gasteiger partial charge on any atom is 0.573 e. The Kier molecular flexibility index (Phi) is 8.61. The molecule has 0 aromatic heterocycles. The molecule has 2 aliphatic carbocycles. The lowest BCUT2D eigenvalue weighted by atomic mass is 9.72. The SMILES string of the molecule is O=C(O)c1ccc(CN(C(=O)Nc2ccc(OC(F)(F)F)cc2)C2CCC(C3CCCCC3)CC2)cc1. The van der Waals surface area contributed by atoms with Crippen molar-refractivity contribution in [2.24, 2.45) is 11.8 Å². The molecule has 9 heteroatoms. The monoisotopic (exact) mass is 518 g/mol. The van der Waals surface area contributed by atoms with E-state index in [1.165, 1.54) is 56.4 Å². The Bertz CT molecular complexity index is 1040. The second-order valence-corrected chi connectivity index (χ2v) is 10.1. The van der Waals surface area contributed by atoms with Gasteiger partial charge in [0.05, 0.1) is 5.56 Å². The normalized spacial score (nSPS) is 20.7. The highest BCUT2D eigenvalue weighted by Gasteiger charge is 2.33. The Hall–Kier alpha value is -3.23. The fraction of sp³-hybridized carbons (Fsp3) is 0.500. The number of carboxylic acid groups (broad SMARTS) is 1. The van der Waals surface area contributed by atoms with Gasteiger partial charge in [0, 0.05) is 18.3 Å². The highest BCUT2D eigenvalue weighted by atomic mass is 19.4. The summed E-state index contributed by atoms with van der Waals surface area (Å²) in [7, 11) is 0. The van der Waals surface area contributed by atoms with Crippen LogP contribution in [0, 0.1) is 11.8 Å². The van der Waals surface area contributed by atoms with E-state index in [-0.39, 0.29) is 23.4 Å². The van der Waals surface area contributed by atoms with E-state index in [0.29, 0.717) is 18.2 Å². The fourth-order valence-electron chi connectivity index (χ4n) is 5.74. The van der Waals surface area contributed by atoms with Gasteiger partial charge in [-0.2, -0.15) is 0 Å². The molecular weight excluding hydrogens is 485 g/mol. The molecule has 0 saturated heterocycles. The Morgan fingerprint density at radius 1 is 0.865 bits per heavy atom.